The molecule has 0 bridgehead atoms. The second-order valence-electron chi connectivity index (χ2n) is 4.16. The van der Waals surface area contributed by atoms with Gasteiger partial charge < -0.3 is 15.2 Å². The zero-order valence-electron chi connectivity index (χ0n) is 8.76. The molecule has 1 saturated carbocycles. The zero-order chi connectivity index (χ0) is 11.0. The number of hydrogen-bond acceptors (Lipinski definition) is 5. The van der Waals surface area contributed by atoms with Crippen molar-refractivity contribution in [3.05, 3.63) is 18.3 Å². The Hall–Kier alpha value is -1.69. The molecule has 6 nitrogen and oxygen atoms in total. The molecular weight excluding hydrogens is 206 g/mol. The largest absolute Gasteiger partial charge is 0.342 e. The van der Waals surface area contributed by atoms with Crippen molar-refractivity contribution in [2.75, 3.05) is 0 Å². The standard InChI is InChI=1S/C10H13N5O/c11-7-2-1-6(5-7)10-14-9(15-16-10)8-12-3-4-13-8/h3-4,6-7H,1-2,5,11H2,(H,12,13). The van der Waals surface area contributed by atoms with Crippen LogP contribution in [0.3, 0.4) is 0 Å². The first-order valence-electron chi connectivity index (χ1n) is 5.42. The predicted molar refractivity (Wildman–Crippen MR) is 56.4 cm³/mol. The van der Waals surface area contributed by atoms with Crippen LogP contribution in [0.15, 0.2) is 16.9 Å². The molecular formula is C10H13N5O. The Kier molecular flexibility index (Phi) is 2.21. The Bertz CT molecular complexity index is 463. The van der Waals surface area contributed by atoms with Gasteiger partial charge in [-0.3, -0.25) is 0 Å². The van der Waals surface area contributed by atoms with Gasteiger partial charge in [0.15, 0.2) is 5.82 Å². The van der Waals surface area contributed by atoms with E-state index in [9.17, 15) is 0 Å². The SMILES string of the molecule is NC1CCC(c2nc(-c3ncc[nH]3)no2)C1. The molecule has 2 aromatic heterocycles. The van der Waals surface area contributed by atoms with E-state index in [4.69, 9.17) is 10.3 Å². The number of imidazole rings is 1. The van der Waals surface area contributed by atoms with Crippen molar-refractivity contribution in [3.8, 4) is 11.6 Å². The molecule has 2 aromatic rings. The minimum atomic E-state index is 0.268. The first-order chi connectivity index (χ1) is 7.83. The summed E-state index contributed by atoms with van der Waals surface area (Å²) >= 11 is 0. The number of nitrogens with zero attached hydrogens (tertiary/aromatic N) is 3. The maximum absolute atomic E-state index is 5.86. The molecule has 0 amide bonds. The fourth-order valence-corrected chi connectivity index (χ4v) is 2.13. The second-order valence-corrected chi connectivity index (χ2v) is 4.16. The number of H-pyrrole nitrogens is 1. The van der Waals surface area contributed by atoms with Crippen LogP contribution in [0.2, 0.25) is 0 Å². The summed E-state index contributed by atoms with van der Waals surface area (Å²) in [5, 5.41) is 3.91. The number of aromatic amines is 1. The molecule has 0 radical (unpaired) electrons. The van der Waals surface area contributed by atoms with Gasteiger partial charge in [-0.25, -0.2) is 4.98 Å². The summed E-state index contributed by atoms with van der Waals surface area (Å²) in [5.41, 5.74) is 5.86. The number of rotatable bonds is 2. The topological polar surface area (TPSA) is 93.6 Å². The highest BCUT2D eigenvalue weighted by Crippen LogP contribution is 2.32. The lowest BCUT2D eigenvalue weighted by Gasteiger charge is -2.01. The van der Waals surface area contributed by atoms with Gasteiger partial charge in [0.2, 0.25) is 11.7 Å². The fraction of sp³-hybridized carbons (Fsp3) is 0.500. The third-order valence-electron chi connectivity index (χ3n) is 2.97. The molecule has 0 saturated heterocycles. The van der Waals surface area contributed by atoms with Gasteiger partial charge in [0.05, 0.1) is 0 Å². The van der Waals surface area contributed by atoms with Crippen molar-refractivity contribution >= 4 is 0 Å². The maximum atomic E-state index is 5.86. The molecule has 0 aromatic carbocycles. The van der Waals surface area contributed by atoms with E-state index in [2.05, 4.69) is 20.1 Å². The summed E-state index contributed by atoms with van der Waals surface area (Å²) in [6.07, 6.45) is 6.39. The molecule has 3 N–H and O–H groups in total. The van der Waals surface area contributed by atoms with Gasteiger partial charge in [-0.15, -0.1) is 0 Å². The van der Waals surface area contributed by atoms with E-state index in [0.29, 0.717) is 23.5 Å². The van der Waals surface area contributed by atoms with Crippen molar-refractivity contribution in [3.63, 3.8) is 0 Å². The normalized spacial score (nSPS) is 25.1. The highest BCUT2D eigenvalue weighted by molar-refractivity contribution is 5.40. The molecule has 2 heterocycles. The monoisotopic (exact) mass is 219 g/mol. The van der Waals surface area contributed by atoms with Gasteiger partial charge >= 0.3 is 0 Å². The quantitative estimate of drug-likeness (QED) is 0.787. The molecule has 0 aliphatic heterocycles. The molecule has 16 heavy (non-hydrogen) atoms. The highest BCUT2D eigenvalue weighted by atomic mass is 16.5. The molecule has 1 fully saturated rings. The van der Waals surface area contributed by atoms with Crippen LogP contribution in [0.25, 0.3) is 11.6 Å². The van der Waals surface area contributed by atoms with Crippen molar-refractivity contribution in [2.45, 2.75) is 31.2 Å². The summed E-state index contributed by atoms with van der Waals surface area (Å²) in [5.74, 6) is 2.14. The van der Waals surface area contributed by atoms with Crippen LogP contribution in [-0.4, -0.2) is 26.2 Å². The third-order valence-corrected chi connectivity index (χ3v) is 2.97. The summed E-state index contributed by atoms with van der Waals surface area (Å²) in [6, 6.07) is 0.268. The molecule has 84 valence electrons. The van der Waals surface area contributed by atoms with Crippen LogP contribution in [0.1, 0.15) is 31.1 Å². The van der Waals surface area contributed by atoms with Gasteiger partial charge in [0.1, 0.15) is 0 Å². The van der Waals surface area contributed by atoms with Crippen molar-refractivity contribution in [1.29, 1.82) is 0 Å². The van der Waals surface area contributed by atoms with E-state index in [1.165, 1.54) is 0 Å². The summed E-state index contributed by atoms with van der Waals surface area (Å²) < 4.78 is 5.24. The van der Waals surface area contributed by atoms with E-state index < -0.39 is 0 Å². The van der Waals surface area contributed by atoms with Crippen LogP contribution < -0.4 is 5.73 Å². The van der Waals surface area contributed by atoms with Gasteiger partial charge in [0.25, 0.3) is 0 Å². The molecule has 1 aliphatic rings. The minimum Gasteiger partial charge on any atom is -0.342 e. The maximum Gasteiger partial charge on any atom is 0.238 e. The van der Waals surface area contributed by atoms with Gasteiger partial charge in [0, 0.05) is 24.4 Å². The lowest BCUT2D eigenvalue weighted by atomic mass is 10.1. The Morgan fingerprint density at radius 1 is 1.44 bits per heavy atom. The molecule has 3 rings (SSSR count). The molecule has 0 spiro atoms. The van der Waals surface area contributed by atoms with Gasteiger partial charge in [-0.05, 0) is 19.3 Å². The average molecular weight is 219 g/mol. The Morgan fingerprint density at radius 3 is 3.06 bits per heavy atom. The third kappa shape index (κ3) is 1.61. The second kappa shape index (κ2) is 3.71. The number of nitrogens with one attached hydrogen (secondary N) is 1. The lowest BCUT2D eigenvalue weighted by Crippen LogP contribution is -2.14. The van der Waals surface area contributed by atoms with Crippen molar-refractivity contribution < 1.29 is 4.52 Å². The van der Waals surface area contributed by atoms with Gasteiger partial charge in [-0.2, -0.15) is 4.98 Å². The number of nitrogens with two attached hydrogens (primary N) is 1. The lowest BCUT2D eigenvalue weighted by molar-refractivity contribution is 0.353. The summed E-state index contributed by atoms with van der Waals surface area (Å²) in [7, 11) is 0. The van der Waals surface area contributed by atoms with Crippen LogP contribution in [0.5, 0.6) is 0 Å². The summed E-state index contributed by atoms with van der Waals surface area (Å²) in [4.78, 5) is 11.4. The Morgan fingerprint density at radius 2 is 2.38 bits per heavy atom. The van der Waals surface area contributed by atoms with Crippen LogP contribution in [0, 0.1) is 0 Å². The Labute approximate surface area is 92.3 Å². The van der Waals surface area contributed by atoms with E-state index in [-0.39, 0.29) is 6.04 Å². The molecule has 6 heteroatoms. The zero-order valence-corrected chi connectivity index (χ0v) is 8.76. The number of aromatic nitrogens is 4. The molecule has 2 atom stereocenters. The van der Waals surface area contributed by atoms with E-state index in [1.807, 2.05) is 0 Å². The smallest absolute Gasteiger partial charge is 0.238 e. The fourth-order valence-electron chi connectivity index (χ4n) is 2.13. The van der Waals surface area contributed by atoms with Crippen LogP contribution in [0.4, 0.5) is 0 Å². The van der Waals surface area contributed by atoms with Crippen molar-refractivity contribution in [1.82, 2.24) is 20.1 Å². The average Bonchev–Trinajstić information content (AvgIpc) is 2.97. The first-order valence-corrected chi connectivity index (χ1v) is 5.42. The van der Waals surface area contributed by atoms with Crippen LogP contribution in [-0.2, 0) is 0 Å². The highest BCUT2D eigenvalue weighted by Gasteiger charge is 2.28. The number of hydrogen-bond donors (Lipinski definition) is 2. The van der Waals surface area contributed by atoms with E-state index in [0.717, 1.165) is 19.3 Å². The van der Waals surface area contributed by atoms with E-state index >= 15 is 0 Å². The first kappa shape index (κ1) is 9.53. The molecule has 1 aliphatic carbocycles. The van der Waals surface area contributed by atoms with Gasteiger partial charge in [-0.1, -0.05) is 5.16 Å². The minimum absolute atomic E-state index is 0.268. The van der Waals surface area contributed by atoms with Crippen LogP contribution >= 0.6 is 0 Å². The Balaban J connectivity index is 1.83. The summed E-state index contributed by atoms with van der Waals surface area (Å²) in [6.45, 7) is 0. The predicted octanol–water partition coefficient (Wildman–Crippen LogP) is 1.05. The van der Waals surface area contributed by atoms with E-state index in [1.54, 1.807) is 12.4 Å². The van der Waals surface area contributed by atoms with Crippen molar-refractivity contribution in [2.24, 2.45) is 5.73 Å². The molecule has 2 unspecified atom stereocenters.